The van der Waals surface area contributed by atoms with Crippen molar-refractivity contribution in [1.29, 1.82) is 0 Å². The third-order valence-electron chi connectivity index (χ3n) is 10.8. The summed E-state index contributed by atoms with van der Waals surface area (Å²) in [5.74, 6) is 0.0453. The highest BCUT2D eigenvalue weighted by Crippen LogP contribution is 2.40. The number of amides is 1. The first-order valence-electron chi connectivity index (χ1n) is 20.6. The van der Waals surface area contributed by atoms with Crippen molar-refractivity contribution < 1.29 is 14.7 Å². The van der Waals surface area contributed by atoms with Crippen LogP contribution in [0.15, 0.2) is 98.1 Å². The highest BCUT2D eigenvalue weighted by atomic mass is 35.5. The van der Waals surface area contributed by atoms with Crippen LogP contribution in [0.4, 0.5) is 0 Å². The molecule has 17 nitrogen and oxygen atoms in total. The van der Waals surface area contributed by atoms with Gasteiger partial charge in [-0.25, -0.2) is 34.1 Å². The summed E-state index contributed by atoms with van der Waals surface area (Å²) in [5, 5.41) is 30.1. The number of nitrogens with one attached hydrogen (secondary N) is 1. The second-order valence-corrected chi connectivity index (χ2v) is 18.8. The number of carbonyl (C=O) groups is 2. The predicted octanol–water partition coefficient (Wildman–Crippen LogP) is 8.00. The van der Waals surface area contributed by atoms with Crippen LogP contribution >= 0.6 is 45.9 Å². The van der Waals surface area contributed by atoms with Crippen LogP contribution in [0.5, 0.6) is 0 Å². The molecule has 0 aliphatic heterocycles. The molecule has 1 amide bonds. The average Bonchev–Trinajstić information content (AvgIpc) is 3.87. The van der Waals surface area contributed by atoms with E-state index in [1.807, 2.05) is 47.1 Å². The normalized spacial score (nSPS) is 13.5. The zero-order valence-electron chi connectivity index (χ0n) is 34.3. The highest BCUT2D eigenvalue weighted by Gasteiger charge is 2.25. The summed E-state index contributed by atoms with van der Waals surface area (Å²) in [5.41, 5.74) is 11.9. The Kier molecular flexibility index (Phi) is 11.8. The molecule has 0 aromatic carbocycles. The molecule has 10 aromatic rings. The number of fused-ring (bicyclic) bond motifs is 4. The Labute approximate surface area is 387 Å². The molecule has 21 heteroatoms. The third-order valence-corrected chi connectivity index (χ3v) is 13.7. The van der Waals surface area contributed by atoms with Crippen molar-refractivity contribution in [2.45, 2.75) is 63.7 Å². The molecule has 0 saturated heterocycles. The maximum Gasteiger partial charge on any atom is 0.358 e. The van der Waals surface area contributed by atoms with Gasteiger partial charge >= 0.3 is 5.97 Å². The van der Waals surface area contributed by atoms with Crippen molar-refractivity contribution in [2.75, 3.05) is 0 Å². The van der Waals surface area contributed by atoms with E-state index in [0.717, 1.165) is 52.6 Å². The second-order valence-electron chi connectivity index (χ2n) is 15.7. The van der Waals surface area contributed by atoms with Gasteiger partial charge in [0.15, 0.2) is 11.4 Å². The lowest BCUT2D eigenvalue weighted by Crippen LogP contribution is -2.22. The van der Waals surface area contributed by atoms with Gasteiger partial charge in [0.2, 0.25) is 0 Å². The second kappa shape index (κ2) is 18.1. The lowest BCUT2D eigenvalue weighted by Gasteiger charge is -1.99. The average molecular weight is 946 g/mol. The quantitative estimate of drug-likeness (QED) is 0.105. The molecular weight excluding hydrogens is 908 g/mol. The maximum atomic E-state index is 12.5. The number of halogens is 2. The highest BCUT2D eigenvalue weighted by molar-refractivity contribution is 7.19. The van der Waals surface area contributed by atoms with E-state index < -0.39 is 5.97 Å². The Bertz CT molecular complexity index is 3360. The van der Waals surface area contributed by atoms with E-state index in [-0.39, 0.29) is 17.3 Å². The van der Waals surface area contributed by atoms with Crippen LogP contribution in [0.3, 0.4) is 0 Å². The lowest BCUT2D eigenvalue weighted by atomic mass is 10.2. The van der Waals surface area contributed by atoms with E-state index in [2.05, 4.69) is 80.9 Å². The number of hydrogen-bond acceptors (Lipinski definition) is 13. The van der Waals surface area contributed by atoms with Gasteiger partial charge in [0.25, 0.3) is 5.91 Å². The molecular formula is C44H38Cl2N14O3S2. The Hall–Kier alpha value is -6.64. The van der Waals surface area contributed by atoms with Gasteiger partial charge in [-0.1, -0.05) is 45.8 Å². The smallest absolute Gasteiger partial charge is 0.358 e. The predicted molar refractivity (Wildman–Crippen MR) is 248 cm³/mol. The molecule has 10 aromatic heterocycles. The zero-order chi connectivity index (χ0) is 44.6. The molecule has 12 rings (SSSR count). The van der Waals surface area contributed by atoms with Crippen molar-refractivity contribution in [3.63, 3.8) is 0 Å². The fourth-order valence-electron chi connectivity index (χ4n) is 7.29. The van der Waals surface area contributed by atoms with E-state index in [1.165, 1.54) is 47.7 Å². The first kappa shape index (κ1) is 42.3. The Morgan fingerprint density at radius 1 is 0.692 bits per heavy atom. The SMILES string of the molecule is NCc1cc2c(Cl)nccc2s1.O=C(NCc1cc2c(Cl)nccc2s1)c1cn(Cc2cn3cc(C4CC4)ccc3n2)nn1.O=C(O)c1cn(Cc2cn3cc(C4CC4)ccc3n2)nn1. The summed E-state index contributed by atoms with van der Waals surface area (Å²) in [7, 11) is 0. The summed E-state index contributed by atoms with van der Waals surface area (Å²) >= 11 is 15.2. The molecule has 0 radical (unpaired) electrons. The Morgan fingerprint density at radius 3 is 1.69 bits per heavy atom. The Balaban J connectivity index is 0.000000129. The summed E-state index contributed by atoms with van der Waals surface area (Å²) in [6.45, 7) is 1.80. The first-order valence-corrected chi connectivity index (χ1v) is 23.0. The molecule has 4 N–H and O–H groups in total. The lowest BCUT2D eigenvalue weighted by molar-refractivity contribution is 0.0690. The van der Waals surface area contributed by atoms with Gasteiger partial charge in [0.1, 0.15) is 21.6 Å². The number of carboxylic acid groups (broad SMARTS) is 1. The molecule has 0 atom stereocenters. The molecule has 65 heavy (non-hydrogen) atoms. The number of thiophene rings is 2. The Morgan fingerprint density at radius 2 is 1.20 bits per heavy atom. The van der Waals surface area contributed by atoms with Gasteiger partial charge < -0.3 is 25.0 Å². The van der Waals surface area contributed by atoms with Gasteiger partial charge in [-0.15, -0.1) is 32.9 Å². The number of aromatic nitrogens is 12. The van der Waals surface area contributed by atoms with Crippen LogP contribution in [-0.2, 0) is 26.2 Å². The van der Waals surface area contributed by atoms with Crippen LogP contribution < -0.4 is 11.1 Å². The number of hydrogen-bond donors (Lipinski definition) is 3. The number of imidazole rings is 2. The summed E-state index contributed by atoms with van der Waals surface area (Å²) < 4.78 is 9.36. The van der Waals surface area contributed by atoms with Gasteiger partial charge in [-0.3, -0.25) is 4.79 Å². The number of carbonyl (C=O) groups excluding carboxylic acids is 1. The number of rotatable bonds is 11. The van der Waals surface area contributed by atoms with Crippen LogP contribution in [0.25, 0.3) is 31.5 Å². The van der Waals surface area contributed by atoms with Crippen molar-refractivity contribution >= 4 is 89.2 Å². The number of aromatic carboxylic acids is 1. The van der Waals surface area contributed by atoms with Crippen LogP contribution in [0.1, 0.15) is 90.8 Å². The summed E-state index contributed by atoms with van der Waals surface area (Å²) in [6.07, 6.45) is 19.7. The zero-order valence-corrected chi connectivity index (χ0v) is 37.5. The molecule has 0 bridgehead atoms. The van der Waals surface area contributed by atoms with Gasteiger partial charge in [-0.2, -0.15) is 0 Å². The van der Waals surface area contributed by atoms with E-state index in [4.69, 9.17) is 34.0 Å². The summed E-state index contributed by atoms with van der Waals surface area (Å²) in [4.78, 5) is 42.7. The first-order chi connectivity index (χ1) is 31.6. The van der Waals surface area contributed by atoms with Gasteiger partial charge in [0.05, 0.1) is 43.4 Å². The molecule has 2 aliphatic carbocycles. The molecule has 2 aliphatic rings. The number of pyridine rings is 4. The molecule has 0 unspecified atom stereocenters. The molecule has 2 saturated carbocycles. The minimum Gasteiger partial charge on any atom is -0.476 e. The monoisotopic (exact) mass is 944 g/mol. The van der Waals surface area contributed by atoms with E-state index in [9.17, 15) is 9.59 Å². The van der Waals surface area contributed by atoms with Gasteiger partial charge in [-0.05, 0) is 85.0 Å². The minimum atomic E-state index is -1.08. The van der Waals surface area contributed by atoms with Gasteiger partial charge in [0, 0.05) is 73.7 Å². The number of carboxylic acids is 1. The fraction of sp³-hybridized carbons (Fsp3) is 0.227. The van der Waals surface area contributed by atoms with Crippen molar-refractivity contribution in [2.24, 2.45) is 5.73 Å². The topological polar surface area (TPSA) is 214 Å². The van der Waals surface area contributed by atoms with Crippen LogP contribution in [0.2, 0.25) is 10.3 Å². The van der Waals surface area contributed by atoms with E-state index in [1.54, 1.807) is 45.9 Å². The molecule has 2 fully saturated rings. The van der Waals surface area contributed by atoms with Crippen molar-refractivity contribution in [3.8, 4) is 0 Å². The van der Waals surface area contributed by atoms with E-state index >= 15 is 0 Å². The van der Waals surface area contributed by atoms with Crippen LogP contribution in [-0.4, -0.2) is 75.7 Å². The fourth-order valence-corrected chi connectivity index (χ4v) is 9.76. The number of nitrogens with two attached hydrogens (primary N) is 1. The molecule has 328 valence electrons. The van der Waals surface area contributed by atoms with E-state index in [0.29, 0.717) is 48.3 Å². The largest absolute Gasteiger partial charge is 0.476 e. The molecule has 0 spiro atoms. The summed E-state index contributed by atoms with van der Waals surface area (Å²) in [6, 6.07) is 16.2. The minimum absolute atomic E-state index is 0.0604. The van der Waals surface area contributed by atoms with Crippen molar-refractivity contribution in [3.05, 3.63) is 152 Å². The third kappa shape index (κ3) is 9.74. The van der Waals surface area contributed by atoms with Crippen molar-refractivity contribution in [1.82, 2.24) is 64.0 Å². The maximum absolute atomic E-state index is 12.5. The standard InChI is InChI=1S/C22H18ClN7OS.C14H13N5O2.C8H7ClN2S/c23-21-17-7-16(32-19(17)5-6-24-21)8-25-22(31)18-12-30(28-27-18)11-15-10-29-9-14(13-1-2-13)3-4-20(29)26-15;20-14(21)12-8-19(17-16-12)7-11-6-18-5-10(9-1-2-9)3-4-13(18)15-11;9-8-6-3-5(4-10)12-7(6)1-2-11-8/h3-7,9-10,12-13H,1-2,8,11H2,(H,25,31);3-6,8-9H,1-2,7H2,(H,20,21);1-3H,4,10H2. The molecule has 10 heterocycles. The van der Waals surface area contributed by atoms with Crippen LogP contribution in [0, 0.1) is 0 Å². The number of nitrogens with zero attached hydrogens (tertiary/aromatic N) is 12.